The van der Waals surface area contributed by atoms with Gasteiger partial charge in [-0.25, -0.2) is 0 Å². The van der Waals surface area contributed by atoms with Crippen molar-refractivity contribution in [1.82, 2.24) is 0 Å². The molecule has 8 unspecified atom stereocenters. The Morgan fingerprint density at radius 3 is 1.76 bits per heavy atom. The minimum absolute atomic E-state index is 1.00. The van der Waals surface area contributed by atoms with E-state index in [1.54, 1.807) is 70.6 Å². The van der Waals surface area contributed by atoms with Gasteiger partial charge in [-0.2, -0.15) is 0 Å². The van der Waals surface area contributed by atoms with Crippen LogP contribution in [0.4, 0.5) is 0 Å². The first-order chi connectivity index (χ1) is 20.0. The number of hydrogen-bond acceptors (Lipinski definition) is 0. The second kappa shape index (κ2) is 17.5. The van der Waals surface area contributed by atoms with Crippen LogP contribution >= 0.6 is 0 Å². The highest BCUT2D eigenvalue weighted by Gasteiger charge is 2.48. The molecule has 0 aromatic rings. The van der Waals surface area contributed by atoms with E-state index in [9.17, 15) is 0 Å². The molecule has 41 heavy (non-hydrogen) atoms. The summed E-state index contributed by atoms with van der Waals surface area (Å²) in [6, 6.07) is 0. The van der Waals surface area contributed by atoms with Crippen molar-refractivity contribution in [1.29, 1.82) is 0 Å². The second-order valence-corrected chi connectivity index (χ2v) is 16.9. The van der Waals surface area contributed by atoms with Crippen LogP contribution in [0.1, 0.15) is 189 Å². The summed E-state index contributed by atoms with van der Waals surface area (Å²) in [7, 11) is 0. The molecule has 0 amide bonds. The molecular weight excluding hydrogens is 492 g/mol. The van der Waals surface area contributed by atoms with E-state index < -0.39 is 0 Å². The third kappa shape index (κ3) is 9.49. The van der Waals surface area contributed by atoms with Crippen molar-refractivity contribution in [2.45, 2.75) is 189 Å². The summed E-state index contributed by atoms with van der Waals surface area (Å²) in [6.07, 6.45) is 35.0. The second-order valence-electron chi connectivity index (χ2n) is 16.9. The lowest BCUT2D eigenvalue weighted by Gasteiger charge is -2.51. The van der Waals surface area contributed by atoms with Gasteiger partial charge in [0.05, 0.1) is 0 Å². The lowest BCUT2D eigenvalue weighted by Crippen LogP contribution is -2.43. The zero-order chi connectivity index (χ0) is 29.2. The first-order valence-corrected chi connectivity index (χ1v) is 20.0. The summed E-state index contributed by atoms with van der Waals surface area (Å²) in [5.41, 5.74) is 0. The minimum Gasteiger partial charge on any atom is -0.0654 e. The predicted molar refractivity (Wildman–Crippen MR) is 182 cm³/mol. The molecule has 0 heteroatoms. The Kier molecular flexibility index (Phi) is 14.4. The predicted octanol–water partition coefficient (Wildman–Crippen LogP) is 13.5. The van der Waals surface area contributed by atoms with Crippen molar-refractivity contribution in [3.05, 3.63) is 0 Å². The van der Waals surface area contributed by atoms with E-state index in [1.807, 2.05) is 0 Å². The zero-order valence-electron chi connectivity index (χ0n) is 29.2. The van der Waals surface area contributed by atoms with Crippen LogP contribution in [0.25, 0.3) is 0 Å². The summed E-state index contributed by atoms with van der Waals surface area (Å²) in [6.45, 7) is 14.7. The SMILES string of the molecule is CCC1CCC(CCC2CCC(C)CC2)CC1.CCCCC1C(C)CC2CCCC2C1C1CCC(CC)C(CC)C1. The average molecular weight is 569 g/mol. The molecule has 0 N–H and O–H groups in total. The van der Waals surface area contributed by atoms with Crippen molar-refractivity contribution in [2.24, 2.45) is 71.0 Å². The first kappa shape index (κ1) is 33.9. The van der Waals surface area contributed by atoms with E-state index >= 15 is 0 Å². The molecule has 0 spiro atoms. The molecule has 0 nitrogen and oxygen atoms in total. The monoisotopic (exact) mass is 569 g/mol. The number of rotatable bonds is 10. The summed E-state index contributed by atoms with van der Waals surface area (Å²) < 4.78 is 0. The molecule has 0 aromatic carbocycles. The van der Waals surface area contributed by atoms with Crippen molar-refractivity contribution in [2.75, 3.05) is 0 Å². The van der Waals surface area contributed by atoms with Crippen LogP contribution in [0, 0.1) is 71.0 Å². The van der Waals surface area contributed by atoms with Crippen molar-refractivity contribution in [3.8, 4) is 0 Å². The Balaban J connectivity index is 0.000000201. The van der Waals surface area contributed by atoms with E-state index in [1.165, 1.54) is 77.0 Å². The maximum Gasteiger partial charge on any atom is -0.0324 e. The Bertz CT molecular complexity index is 678. The quantitative estimate of drug-likeness (QED) is 0.246. The van der Waals surface area contributed by atoms with Crippen LogP contribution in [-0.4, -0.2) is 0 Å². The maximum atomic E-state index is 2.62. The van der Waals surface area contributed by atoms with Crippen LogP contribution < -0.4 is 0 Å². The number of unbranched alkanes of at least 4 members (excludes halogenated alkanes) is 1. The van der Waals surface area contributed by atoms with E-state index in [2.05, 4.69) is 41.5 Å². The molecular formula is C41H76. The Labute approximate surface area is 259 Å². The molecule has 5 aliphatic carbocycles. The van der Waals surface area contributed by atoms with Crippen molar-refractivity contribution >= 4 is 0 Å². The molecule has 0 heterocycles. The topological polar surface area (TPSA) is 0 Å². The molecule has 5 fully saturated rings. The minimum atomic E-state index is 1.00. The molecule has 5 rings (SSSR count). The standard InChI is InChI=1S/C24H44.C17H32/c1-5-8-11-22-17(4)15-20-10-9-12-23(20)24(22)21-14-13-18(6-2)19(7-3)16-21;1-3-15-8-10-17(11-9-15)13-12-16-6-4-14(2)5-7-16/h17-24H,5-16H2,1-4H3;14-17H,3-13H2,1-2H3. The van der Waals surface area contributed by atoms with E-state index in [4.69, 9.17) is 0 Å². The summed E-state index contributed by atoms with van der Waals surface area (Å²) in [4.78, 5) is 0. The molecule has 0 bridgehead atoms. The van der Waals surface area contributed by atoms with Gasteiger partial charge < -0.3 is 0 Å². The first-order valence-electron chi connectivity index (χ1n) is 20.0. The normalized spacial score (nSPS) is 43.2. The Hall–Kier alpha value is 0. The number of hydrogen-bond donors (Lipinski definition) is 0. The van der Waals surface area contributed by atoms with Gasteiger partial charge in [-0.1, -0.05) is 151 Å². The molecule has 0 radical (unpaired) electrons. The van der Waals surface area contributed by atoms with Crippen LogP contribution in [0.2, 0.25) is 0 Å². The maximum absolute atomic E-state index is 2.62. The van der Waals surface area contributed by atoms with Crippen LogP contribution in [0.3, 0.4) is 0 Å². The molecule has 5 aliphatic rings. The highest BCUT2D eigenvalue weighted by molar-refractivity contribution is 4.98. The summed E-state index contributed by atoms with van der Waals surface area (Å²) in [5, 5.41) is 0. The van der Waals surface area contributed by atoms with E-state index in [-0.39, 0.29) is 0 Å². The lowest BCUT2D eigenvalue weighted by atomic mass is 9.55. The van der Waals surface area contributed by atoms with Crippen LogP contribution in [0.5, 0.6) is 0 Å². The van der Waals surface area contributed by atoms with Gasteiger partial charge in [0.25, 0.3) is 0 Å². The molecule has 240 valence electrons. The van der Waals surface area contributed by atoms with Gasteiger partial charge in [-0.05, 0) is 110 Å². The fourth-order valence-corrected chi connectivity index (χ4v) is 11.6. The van der Waals surface area contributed by atoms with Gasteiger partial charge in [-0.15, -0.1) is 0 Å². The molecule has 8 atom stereocenters. The third-order valence-corrected chi connectivity index (χ3v) is 14.4. The van der Waals surface area contributed by atoms with E-state index in [0.29, 0.717) is 0 Å². The smallest absolute Gasteiger partial charge is 0.0324 e. The molecule has 5 saturated carbocycles. The highest BCUT2D eigenvalue weighted by atomic mass is 14.5. The largest absolute Gasteiger partial charge is 0.0654 e. The highest BCUT2D eigenvalue weighted by Crippen LogP contribution is 2.57. The van der Waals surface area contributed by atoms with E-state index in [0.717, 1.165) is 71.0 Å². The van der Waals surface area contributed by atoms with Crippen LogP contribution in [-0.2, 0) is 0 Å². The fraction of sp³-hybridized carbons (Fsp3) is 1.00. The van der Waals surface area contributed by atoms with Gasteiger partial charge >= 0.3 is 0 Å². The summed E-state index contributed by atoms with van der Waals surface area (Å²) in [5.74, 6) is 12.8. The van der Waals surface area contributed by atoms with Crippen molar-refractivity contribution in [3.63, 3.8) is 0 Å². The molecule has 0 aromatic heterocycles. The van der Waals surface area contributed by atoms with Gasteiger partial charge in [0.2, 0.25) is 0 Å². The Morgan fingerprint density at radius 2 is 1.15 bits per heavy atom. The lowest BCUT2D eigenvalue weighted by molar-refractivity contribution is -0.0149. The zero-order valence-corrected chi connectivity index (χ0v) is 29.2. The van der Waals surface area contributed by atoms with Gasteiger partial charge in [0.15, 0.2) is 0 Å². The molecule has 0 aliphatic heterocycles. The Morgan fingerprint density at radius 1 is 0.512 bits per heavy atom. The van der Waals surface area contributed by atoms with Crippen LogP contribution in [0.15, 0.2) is 0 Å². The average Bonchev–Trinajstić information content (AvgIpc) is 3.47. The van der Waals surface area contributed by atoms with Gasteiger partial charge in [0.1, 0.15) is 0 Å². The fourth-order valence-electron chi connectivity index (χ4n) is 11.6. The van der Waals surface area contributed by atoms with Crippen molar-refractivity contribution < 1.29 is 0 Å². The molecule has 0 saturated heterocycles. The third-order valence-electron chi connectivity index (χ3n) is 14.4. The van der Waals surface area contributed by atoms with Gasteiger partial charge in [-0.3, -0.25) is 0 Å². The van der Waals surface area contributed by atoms with Gasteiger partial charge in [0, 0.05) is 0 Å². The summed E-state index contributed by atoms with van der Waals surface area (Å²) >= 11 is 0. The number of fused-ring (bicyclic) bond motifs is 1.